The summed E-state index contributed by atoms with van der Waals surface area (Å²) in [7, 11) is -0.880. The van der Waals surface area contributed by atoms with Crippen LogP contribution >= 0.6 is 0 Å². The second-order valence-corrected chi connectivity index (χ2v) is 9.37. The van der Waals surface area contributed by atoms with Crippen molar-refractivity contribution in [3.8, 4) is 11.1 Å². The summed E-state index contributed by atoms with van der Waals surface area (Å²) in [5.41, 5.74) is 5.59. The first kappa shape index (κ1) is 31.9. The number of hydrogen-bond acceptors (Lipinski definition) is 1. The first-order valence-corrected chi connectivity index (χ1v) is 12.8. The maximum Gasteiger partial charge on any atom is 3.00 e. The van der Waals surface area contributed by atoms with Crippen LogP contribution in [-0.2, 0) is 39.0 Å². The predicted octanol–water partition coefficient (Wildman–Crippen LogP) is 1.15. The van der Waals surface area contributed by atoms with E-state index < -0.39 is 9.04 Å². The third kappa shape index (κ3) is 10.3. The number of rotatable bonds is 7. The molecule has 1 nitrogen and oxygen atoms in total. The van der Waals surface area contributed by atoms with E-state index in [0.717, 1.165) is 6.42 Å². The normalized spacial score (nSPS) is 9.80. The molecule has 2 radical (unpaired) electrons. The molecule has 5 heteroatoms. The van der Waals surface area contributed by atoms with Gasteiger partial charge in [-0.2, -0.15) is 6.07 Å². The minimum Gasteiger partial charge on any atom is -1.00 e. The molecule has 0 fully saturated rings. The van der Waals surface area contributed by atoms with E-state index in [2.05, 4.69) is 68.4 Å². The Morgan fingerprint density at radius 1 is 0.900 bits per heavy atom. The van der Waals surface area contributed by atoms with Gasteiger partial charge in [-0.25, -0.2) is 0 Å². The molecule has 0 aliphatic rings. The molecule has 0 bridgehead atoms. The van der Waals surface area contributed by atoms with Gasteiger partial charge in [-0.1, -0.05) is 69.0 Å². The molecule has 0 heterocycles. The van der Waals surface area contributed by atoms with Gasteiger partial charge in [-0.3, -0.25) is 0 Å². The maximum atomic E-state index is 8.16. The van der Waals surface area contributed by atoms with E-state index in [1.807, 2.05) is 13.1 Å². The van der Waals surface area contributed by atoms with E-state index in [-0.39, 0.29) is 51.0 Å². The third-order valence-electron chi connectivity index (χ3n) is 4.80. The van der Waals surface area contributed by atoms with Crippen LogP contribution in [0.5, 0.6) is 0 Å². The molecule has 0 saturated heterocycles. The molecule has 1 N–H and O–H groups in total. The van der Waals surface area contributed by atoms with Crippen molar-refractivity contribution < 1.29 is 55.8 Å². The number of hydrogen-bond donors (Lipinski definition) is 1. The van der Waals surface area contributed by atoms with Crippen LogP contribution in [0.15, 0.2) is 54.6 Å². The van der Waals surface area contributed by atoms with Crippen LogP contribution in [0.1, 0.15) is 50.7 Å². The Bertz CT molecular complexity index is 813. The summed E-state index contributed by atoms with van der Waals surface area (Å²) in [5, 5.41) is 2.75. The van der Waals surface area contributed by atoms with Crippen molar-refractivity contribution >= 4 is 19.8 Å². The fraction of sp³-hybridized carbons (Fsp3) is 0.400. The number of aryl methyl sites for hydroxylation is 2. The molecule has 0 amide bonds. The van der Waals surface area contributed by atoms with E-state index in [0.29, 0.717) is 0 Å². The molecule has 0 saturated carbocycles. The average Bonchev–Trinajstić information content (AvgIpc) is 3.09. The zero-order valence-electron chi connectivity index (χ0n) is 18.6. The molecule has 0 aliphatic heterocycles. The molecule has 3 rings (SSSR count). The number of halogens is 2. The van der Waals surface area contributed by atoms with Gasteiger partial charge in [-0.15, -0.1) is 34.5 Å². The van der Waals surface area contributed by atoms with Crippen LogP contribution < -0.4 is 24.8 Å². The number of fused-ring (bicyclic) bond motifs is 1. The third-order valence-corrected chi connectivity index (χ3v) is 4.80. The topological polar surface area (TPSA) is 20.2 Å². The Labute approximate surface area is 216 Å². The number of benzene rings is 2. The Hall–Kier alpha value is -0.310. The zero-order chi connectivity index (χ0) is 19.6. The summed E-state index contributed by atoms with van der Waals surface area (Å²) in [5.74, 6) is 0. The Morgan fingerprint density at radius 3 is 2.10 bits per heavy atom. The molecule has 3 aromatic carbocycles. The van der Waals surface area contributed by atoms with Gasteiger partial charge in [0.25, 0.3) is 0 Å². The van der Waals surface area contributed by atoms with Crippen LogP contribution in [0.4, 0.5) is 0 Å². The van der Waals surface area contributed by atoms with E-state index in [9.17, 15) is 0 Å². The molecule has 0 atom stereocenters. The van der Waals surface area contributed by atoms with Crippen LogP contribution in [0, 0.1) is 0 Å². The zero-order valence-corrected chi connectivity index (χ0v) is 23.6. The second-order valence-electron chi connectivity index (χ2n) is 7.48. The van der Waals surface area contributed by atoms with Gasteiger partial charge < -0.3 is 29.6 Å². The summed E-state index contributed by atoms with van der Waals surface area (Å²) >= 11 is 0. The molecule has 162 valence electrons. The first-order valence-electron chi connectivity index (χ1n) is 10.3. The van der Waals surface area contributed by atoms with Gasteiger partial charge in [0, 0.05) is 0 Å². The van der Waals surface area contributed by atoms with Crippen LogP contribution in [-0.4, -0.2) is 13.8 Å². The molecule has 3 aromatic rings. The van der Waals surface area contributed by atoms with Crippen molar-refractivity contribution in [2.75, 3.05) is 0 Å². The van der Waals surface area contributed by atoms with Gasteiger partial charge in [0.05, 0.1) is 0 Å². The fourth-order valence-electron chi connectivity index (χ4n) is 3.36. The van der Waals surface area contributed by atoms with Gasteiger partial charge in [-0.05, 0) is 43.5 Å². The van der Waals surface area contributed by atoms with Crippen LogP contribution in [0.25, 0.3) is 21.9 Å². The largest absolute Gasteiger partial charge is 3.00 e. The predicted molar refractivity (Wildman–Crippen MR) is 122 cm³/mol. The van der Waals surface area contributed by atoms with Gasteiger partial charge >= 0.3 is 26.2 Å². The van der Waals surface area contributed by atoms with E-state index in [4.69, 9.17) is 4.80 Å². The minimum absolute atomic E-state index is 0. The van der Waals surface area contributed by atoms with Gasteiger partial charge in [0.15, 0.2) is 9.04 Å². The Morgan fingerprint density at radius 2 is 1.53 bits per heavy atom. The van der Waals surface area contributed by atoms with Gasteiger partial charge in [0.1, 0.15) is 0 Å². The van der Waals surface area contributed by atoms with Crippen molar-refractivity contribution in [2.45, 2.75) is 65.5 Å². The van der Waals surface area contributed by atoms with Crippen molar-refractivity contribution in [1.82, 2.24) is 0 Å². The van der Waals surface area contributed by atoms with E-state index in [1.165, 1.54) is 65.1 Å². The standard InChI is InChI=1S/C23H27.C2H7OSi.2ClH.Zr/c1-3-5-6-7-9-19-12-14-20(15-13-19)22-11-8-10-21-16-18(4-2)17-23(21)22;1-4(2)3;;;/h8,10-17H,3-7,9H2,1-2H3;3H,1-2H3;2*1H;/q-1;;;;+3/p-2. The summed E-state index contributed by atoms with van der Waals surface area (Å²) in [4.78, 5) is 8.16. The first-order chi connectivity index (χ1) is 13.0. The molecule has 0 aliphatic carbocycles. The van der Waals surface area contributed by atoms with E-state index >= 15 is 0 Å². The quantitative estimate of drug-likeness (QED) is 0.271. The van der Waals surface area contributed by atoms with Crippen molar-refractivity contribution in [3.63, 3.8) is 0 Å². The molecular formula is C25H34Cl2OSiZr. The fourth-order valence-corrected chi connectivity index (χ4v) is 3.36. The van der Waals surface area contributed by atoms with Gasteiger partial charge in [0.2, 0.25) is 0 Å². The average molecular weight is 541 g/mol. The Kier molecular flexibility index (Phi) is 18.3. The smallest absolute Gasteiger partial charge is 1.00 e. The van der Waals surface area contributed by atoms with E-state index in [1.54, 1.807) is 0 Å². The monoisotopic (exact) mass is 538 g/mol. The molecule has 30 heavy (non-hydrogen) atoms. The maximum absolute atomic E-state index is 8.16. The van der Waals surface area contributed by atoms with Crippen molar-refractivity contribution in [1.29, 1.82) is 0 Å². The molecule has 0 aromatic heterocycles. The van der Waals surface area contributed by atoms with Crippen molar-refractivity contribution in [3.05, 3.63) is 65.7 Å². The molecule has 0 unspecified atom stereocenters. The summed E-state index contributed by atoms with van der Waals surface area (Å²) in [6, 6.07) is 20.5. The summed E-state index contributed by atoms with van der Waals surface area (Å²) in [6.45, 7) is 8.14. The summed E-state index contributed by atoms with van der Waals surface area (Å²) in [6.07, 6.45) is 7.64. The summed E-state index contributed by atoms with van der Waals surface area (Å²) < 4.78 is 0. The molecule has 0 spiro atoms. The Balaban J connectivity index is 0. The number of unbranched alkanes of at least 4 members (excludes halogenated alkanes) is 3. The van der Waals surface area contributed by atoms with Crippen LogP contribution in [0.3, 0.4) is 0 Å². The minimum atomic E-state index is -0.880. The SMILES string of the molecule is CCCCCCc1ccc(-c2cccc3[cH-]c(CC)cc23)cc1.C[Si](C)O.[Cl-].[Cl-].[Zr+3]. The van der Waals surface area contributed by atoms with Crippen LogP contribution in [0.2, 0.25) is 13.1 Å². The molecular weight excluding hydrogens is 506 g/mol. The second kappa shape index (κ2) is 17.3. The van der Waals surface area contributed by atoms with Crippen molar-refractivity contribution in [2.24, 2.45) is 0 Å².